The Morgan fingerprint density at radius 1 is 1.50 bits per heavy atom. The van der Waals surface area contributed by atoms with Gasteiger partial charge in [0.05, 0.1) is 6.42 Å². The zero-order chi connectivity index (χ0) is 13.1. The van der Waals surface area contributed by atoms with E-state index < -0.39 is 0 Å². The molecule has 0 aromatic heterocycles. The van der Waals surface area contributed by atoms with Crippen LogP contribution in [0.25, 0.3) is 0 Å². The summed E-state index contributed by atoms with van der Waals surface area (Å²) < 4.78 is 0. The number of hydrogen-bond acceptors (Lipinski definition) is 3. The van der Waals surface area contributed by atoms with Gasteiger partial charge in [-0.3, -0.25) is 4.79 Å². The van der Waals surface area contributed by atoms with Gasteiger partial charge in [0.25, 0.3) is 0 Å². The number of nitrogens with zero attached hydrogens (tertiary/aromatic N) is 1. The molecule has 0 radical (unpaired) electrons. The van der Waals surface area contributed by atoms with E-state index in [0.717, 1.165) is 29.9 Å². The highest BCUT2D eigenvalue weighted by molar-refractivity contribution is 6.01. The average Bonchev–Trinajstić information content (AvgIpc) is 2.70. The fraction of sp³-hybridized carbons (Fsp3) is 0.500. The van der Waals surface area contributed by atoms with E-state index in [2.05, 4.69) is 18.3 Å². The van der Waals surface area contributed by atoms with Crippen molar-refractivity contribution in [2.45, 2.75) is 19.8 Å². The fourth-order valence-electron chi connectivity index (χ4n) is 2.37. The number of carbonyl (C=O) groups excluding carboxylic acids is 1. The van der Waals surface area contributed by atoms with E-state index in [1.165, 1.54) is 0 Å². The average molecular weight is 247 g/mol. The molecule has 0 saturated carbocycles. The molecular weight excluding hydrogens is 226 g/mol. The van der Waals surface area contributed by atoms with Gasteiger partial charge in [0, 0.05) is 25.0 Å². The molecule has 1 heterocycles. The van der Waals surface area contributed by atoms with E-state index in [1.54, 1.807) is 0 Å². The lowest BCUT2D eigenvalue weighted by Crippen LogP contribution is -2.34. The Morgan fingerprint density at radius 3 is 2.89 bits per heavy atom. The molecule has 2 rings (SSSR count). The molecule has 1 unspecified atom stereocenters. The first-order chi connectivity index (χ1) is 8.69. The van der Waals surface area contributed by atoms with Crippen molar-refractivity contribution < 1.29 is 4.79 Å². The van der Waals surface area contributed by atoms with Crippen LogP contribution in [0.15, 0.2) is 18.2 Å². The maximum Gasteiger partial charge on any atom is 0.231 e. The van der Waals surface area contributed by atoms with Crippen LogP contribution < -0.4 is 16.0 Å². The minimum absolute atomic E-state index is 0.185. The number of hydrogen-bond donors (Lipinski definition) is 2. The van der Waals surface area contributed by atoms with Crippen molar-refractivity contribution in [3.8, 4) is 0 Å². The minimum Gasteiger partial charge on any atom is -0.388 e. The molecule has 3 N–H and O–H groups in total. The first kappa shape index (κ1) is 12.9. The van der Waals surface area contributed by atoms with Gasteiger partial charge in [0.1, 0.15) is 0 Å². The van der Waals surface area contributed by atoms with Crippen LogP contribution in [0, 0.1) is 5.92 Å². The van der Waals surface area contributed by atoms with Crippen molar-refractivity contribution in [2.75, 3.05) is 30.4 Å². The predicted molar refractivity (Wildman–Crippen MR) is 74.9 cm³/mol. The molecule has 98 valence electrons. The SMILES string of the molecule is CCC(CN)CN1C(=O)Cc2cc(NC)ccc21. The Hall–Kier alpha value is -1.55. The van der Waals surface area contributed by atoms with Crippen molar-refractivity contribution in [3.05, 3.63) is 23.8 Å². The molecule has 0 spiro atoms. The van der Waals surface area contributed by atoms with Crippen LogP contribution in [-0.2, 0) is 11.2 Å². The molecule has 0 aliphatic carbocycles. The Balaban J connectivity index is 2.22. The summed E-state index contributed by atoms with van der Waals surface area (Å²) in [4.78, 5) is 13.9. The third-order valence-corrected chi connectivity index (χ3v) is 3.65. The number of nitrogens with one attached hydrogen (secondary N) is 1. The number of rotatable bonds is 5. The Morgan fingerprint density at radius 2 is 2.28 bits per heavy atom. The molecule has 0 bridgehead atoms. The summed E-state index contributed by atoms with van der Waals surface area (Å²) in [6.45, 7) is 3.48. The summed E-state index contributed by atoms with van der Waals surface area (Å²) in [6, 6.07) is 6.08. The minimum atomic E-state index is 0.185. The van der Waals surface area contributed by atoms with Crippen molar-refractivity contribution >= 4 is 17.3 Å². The zero-order valence-corrected chi connectivity index (χ0v) is 11.1. The first-order valence-corrected chi connectivity index (χ1v) is 6.50. The number of nitrogens with two attached hydrogens (primary N) is 1. The van der Waals surface area contributed by atoms with E-state index >= 15 is 0 Å². The monoisotopic (exact) mass is 247 g/mol. The van der Waals surface area contributed by atoms with E-state index in [-0.39, 0.29) is 5.91 Å². The lowest BCUT2D eigenvalue weighted by molar-refractivity contribution is -0.117. The molecule has 0 saturated heterocycles. The van der Waals surface area contributed by atoms with Crippen LogP contribution in [-0.4, -0.2) is 26.0 Å². The molecule has 1 aliphatic rings. The van der Waals surface area contributed by atoms with Crippen molar-refractivity contribution in [3.63, 3.8) is 0 Å². The Labute approximate surface area is 108 Å². The summed E-state index contributed by atoms with van der Waals surface area (Å²) in [7, 11) is 1.89. The van der Waals surface area contributed by atoms with Crippen LogP contribution in [0.2, 0.25) is 0 Å². The number of benzene rings is 1. The molecular formula is C14H21N3O. The van der Waals surface area contributed by atoms with Gasteiger partial charge >= 0.3 is 0 Å². The van der Waals surface area contributed by atoms with Crippen LogP contribution in [0.4, 0.5) is 11.4 Å². The lowest BCUT2D eigenvalue weighted by atomic mass is 10.1. The molecule has 1 aromatic rings. The normalized spacial score (nSPS) is 15.7. The largest absolute Gasteiger partial charge is 0.388 e. The Kier molecular flexibility index (Phi) is 3.87. The summed E-state index contributed by atoms with van der Waals surface area (Å²) >= 11 is 0. The molecule has 18 heavy (non-hydrogen) atoms. The van der Waals surface area contributed by atoms with Gasteiger partial charge in [-0.1, -0.05) is 13.3 Å². The topological polar surface area (TPSA) is 58.4 Å². The third kappa shape index (κ3) is 2.34. The van der Waals surface area contributed by atoms with Crippen LogP contribution in [0.3, 0.4) is 0 Å². The molecule has 4 heteroatoms. The smallest absolute Gasteiger partial charge is 0.231 e. The number of amides is 1. The van der Waals surface area contributed by atoms with Crippen LogP contribution >= 0.6 is 0 Å². The zero-order valence-electron chi connectivity index (χ0n) is 11.1. The fourth-order valence-corrected chi connectivity index (χ4v) is 2.37. The van der Waals surface area contributed by atoms with Crippen molar-refractivity contribution in [2.24, 2.45) is 11.7 Å². The number of fused-ring (bicyclic) bond motifs is 1. The Bertz CT molecular complexity index is 441. The summed E-state index contributed by atoms with van der Waals surface area (Å²) in [6.07, 6.45) is 1.51. The molecule has 1 aromatic carbocycles. The van der Waals surface area contributed by atoms with E-state index in [4.69, 9.17) is 5.73 Å². The van der Waals surface area contributed by atoms with Gasteiger partial charge in [-0.2, -0.15) is 0 Å². The van der Waals surface area contributed by atoms with Crippen LogP contribution in [0.5, 0.6) is 0 Å². The van der Waals surface area contributed by atoms with Crippen molar-refractivity contribution in [1.29, 1.82) is 0 Å². The summed E-state index contributed by atoms with van der Waals surface area (Å²) in [5.74, 6) is 0.564. The third-order valence-electron chi connectivity index (χ3n) is 3.65. The highest BCUT2D eigenvalue weighted by Crippen LogP contribution is 2.31. The summed E-state index contributed by atoms with van der Waals surface area (Å²) in [5, 5.41) is 3.10. The van der Waals surface area contributed by atoms with E-state index in [9.17, 15) is 4.79 Å². The van der Waals surface area contributed by atoms with E-state index in [0.29, 0.717) is 18.9 Å². The predicted octanol–water partition coefficient (Wildman–Crippen LogP) is 1.60. The van der Waals surface area contributed by atoms with Gasteiger partial charge in [0.15, 0.2) is 0 Å². The number of anilines is 2. The van der Waals surface area contributed by atoms with Gasteiger partial charge < -0.3 is 16.0 Å². The highest BCUT2D eigenvalue weighted by atomic mass is 16.2. The molecule has 1 amide bonds. The standard InChI is InChI=1S/C14H21N3O/c1-3-10(8-15)9-17-13-5-4-12(16-2)6-11(13)7-14(17)18/h4-6,10,16H,3,7-9,15H2,1-2H3. The second-order valence-electron chi connectivity index (χ2n) is 4.78. The van der Waals surface area contributed by atoms with E-state index in [1.807, 2.05) is 24.1 Å². The van der Waals surface area contributed by atoms with Crippen LogP contribution in [0.1, 0.15) is 18.9 Å². The molecule has 0 fully saturated rings. The second kappa shape index (κ2) is 5.40. The number of carbonyl (C=O) groups is 1. The molecule has 1 atom stereocenters. The first-order valence-electron chi connectivity index (χ1n) is 6.50. The lowest BCUT2D eigenvalue weighted by Gasteiger charge is -2.22. The molecule has 1 aliphatic heterocycles. The maximum absolute atomic E-state index is 12.1. The van der Waals surface area contributed by atoms with Gasteiger partial charge in [-0.25, -0.2) is 0 Å². The quantitative estimate of drug-likeness (QED) is 0.831. The van der Waals surface area contributed by atoms with Gasteiger partial charge in [0.2, 0.25) is 5.91 Å². The van der Waals surface area contributed by atoms with Gasteiger partial charge in [-0.05, 0) is 36.2 Å². The second-order valence-corrected chi connectivity index (χ2v) is 4.78. The maximum atomic E-state index is 12.1. The highest BCUT2D eigenvalue weighted by Gasteiger charge is 2.28. The summed E-state index contributed by atoms with van der Waals surface area (Å²) in [5.41, 5.74) is 8.93. The molecule has 4 nitrogen and oxygen atoms in total. The van der Waals surface area contributed by atoms with Gasteiger partial charge in [-0.15, -0.1) is 0 Å². The van der Waals surface area contributed by atoms with Crippen molar-refractivity contribution in [1.82, 2.24) is 0 Å².